The zero-order chi connectivity index (χ0) is 15.9. The summed E-state index contributed by atoms with van der Waals surface area (Å²) in [7, 11) is 0. The average Bonchev–Trinajstić information content (AvgIpc) is 2.59. The zero-order valence-corrected chi connectivity index (χ0v) is 13.0. The number of amides is 1. The van der Waals surface area contributed by atoms with Gasteiger partial charge in [-0.25, -0.2) is 0 Å². The first-order valence-electron chi connectivity index (χ1n) is 7.59. The third kappa shape index (κ3) is 4.04. The van der Waals surface area contributed by atoms with E-state index in [9.17, 15) is 9.59 Å². The molecule has 0 aromatic heterocycles. The molecular weight excluding hydrogens is 274 g/mol. The molecule has 22 heavy (non-hydrogen) atoms. The van der Waals surface area contributed by atoms with Gasteiger partial charge in [0.2, 0.25) is 0 Å². The summed E-state index contributed by atoms with van der Waals surface area (Å²) in [5, 5.41) is 2.91. The van der Waals surface area contributed by atoms with Gasteiger partial charge in [0.15, 0.2) is 5.78 Å². The molecule has 2 aromatic carbocycles. The summed E-state index contributed by atoms with van der Waals surface area (Å²) in [6.07, 6.45) is 1.03. The van der Waals surface area contributed by atoms with E-state index >= 15 is 0 Å². The molecule has 0 saturated heterocycles. The molecule has 114 valence electrons. The Balaban J connectivity index is 2.04. The summed E-state index contributed by atoms with van der Waals surface area (Å²) in [4.78, 5) is 24.3. The van der Waals surface area contributed by atoms with E-state index in [1.54, 1.807) is 36.4 Å². The second kappa shape index (κ2) is 7.55. The highest BCUT2D eigenvalue weighted by Gasteiger charge is 2.11. The van der Waals surface area contributed by atoms with Crippen LogP contribution in [0.4, 0.5) is 0 Å². The standard InChI is InChI=1S/C19H21NO2/c1-3-14(2)13-20-19(22)17-11-9-16(10-12-17)18(21)15-7-5-4-6-8-15/h4-12,14H,3,13H2,1-2H3,(H,20,22). The summed E-state index contributed by atoms with van der Waals surface area (Å²) in [5.41, 5.74) is 1.81. The van der Waals surface area contributed by atoms with E-state index in [1.807, 2.05) is 18.2 Å². The lowest BCUT2D eigenvalue weighted by Gasteiger charge is -2.10. The predicted molar refractivity (Wildman–Crippen MR) is 88.1 cm³/mol. The van der Waals surface area contributed by atoms with Gasteiger partial charge in [-0.1, -0.05) is 62.7 Å². The van der Waals surface area contributed by atoms with E-state index in [0.717, 1.165) is 6.42 Å². The average molecular weight is 295 g/mol. The molecule has 0 radical (unpaired) electrons. The molecule has 1 N–H and O–H groups in total. The first-order chi connectivity index (χ1) is 10.6. The lowest BCUT2D eigenvalue weighted by molar-refractivity contribution is 0.0946. The van der Waals surface area contributed by atoms with Gasteiger partial charge in [0.25, 0.3) is 5.91 Å². The second-order valence-corrected chi connectivity index (χ2v) is 5.50. The minimum Gasteiger partial charge on any atom is -0.352 e. The summed E-state index contributed by atoms with van der Waals surface area (Å²) < 4.78 is 0. The van der Waals surface area contributed by atoms with Crippen molar-refractivity contribution in [3.63, 3.8) is 0 Å². The molecule has 2 rings (SSSR count). The number of nitrogens with one attached hydrogen (secondary N) is 1. The molecule has 0 aliphatic rings. The smallest absolute Gasteiger partial charge is 0.251 e. The Kier molecular flexibility index (Phi) is 5.48. The van der Waals surface area contributed by atoms with E-state index in [0.29, 0.717) is 29.2 Å². The molecule has 0 spiro atoms. The van der Waals surface area contributed by atoms with Crippen molar-refractivity contribution in [1.82, 2.24) is 5.32 Å². The molecule has 0 fully saturated rings. The van der Waals surface area contributed by atoms with E-state index in [-0.39, 0.29) is 11.7 Å². The fourth-order valence-corrected chi connectivity index (χ4v) is 2.04. The van der Waals surface area contributed by atoms with Crippen molar-refractivity contribution < 1.29 is 9.59 Å². The molecule has 0 aliphatic heterocycles. The van der Waals surface area contributed by atoms with Crippen LogP contribution in [0.5, 0.6) is 0 Å². The summed E-state index contributed by atoms with van der Waals surface area (Å²) in [5.74, 6) is 0.328. The molecule has 3 nitrogen and oxygen atoms in total. The normalized spacial score (nSPS) is 11.7. The van der Waals surface area contributed by atoms with Crippen LogP contribution in [0.1, 0.15) is 46.5 Å². The highest BCUT2D eigenvalue weighted by molar-refractivity contribution is 6.09. The molecule has 1 amide bonds. The third-order valence-corrected chi connectivity index (χ3v) is 3.75. The summed E-state index contributed by atoms with van der Waals surface area (Å²) in [6.45, 7) is 4.86. The molecule has 1 unspecified atom stereocenters. The van der Waals surface area contributed by atoms with E-state index in [4.69, 9.17) is 0 Å². The first kappa shape index (κ1) is 16.0. The van der Waals surface area contributed by atoms with E-state index < -0.39 is 0 Å². The Hall–Kier alpha value is -2.42. The quantitative estimate of drug-likeness (QED) is 0.826. The van der Waals surface area contributed by atoms with Gasteiger partial charge in [-0.05, 0) is 18.1 Å². The lowest BCUT2D eigenvalue weighted by atomic mass is 10.0. The van der Waals surface area contributed by atoms with Gasteiger partial charge in [-0.3, -0.25) is 9.59 Å². The maximum Gasteiger partial charge on any atom is 0.251 e. The molecule has 0 bridgehead atoms. The number of carbonyl (C=O) groups excluding carboxylic acids is 2. The first-order valence-corrected chi connectivity index (χ1v) is 7.59. The number of rotatable bonds is 6. The van der Waals surface area contributed by atoms with Crippen LogP contribution in [0.15, 0.2) is 54.6 Å². The van der Waals surface area contributed by atoms with Crippen LogP contribution >= 0.6 is 0 Å². The van der Waals surface area contributed by atoms with Crippen molar-refractivity contribution in [3.05, 3.63) is 71.3 Å². The highest BCUT2D eigenvalue weighted by atomic mass is 16.1. The van der Waals surface area contributed by atoms with Gasteiger partial charge in [0.1, 0.15) is 0 Å². The number of carbonyl (C=O) groups is 2. The Labute approximate surface area is 131 Å². The second-order valence-electron chi connectivity index (χ2n) is 5.50. The van der Waals surface area contributed by atoms with Crippen molar-refractivity contribution in [1.29, 1.82) is 0 Å². The Morgan fingerprint density at radius 2 is 1.45 bits per heavy atom. The maximum absolute atomic E-state index is 12.3. The van der Waals surface area contributed by atoms with Crippen molar-refractivity contribution >= 4 is 11.7 Å². The maximum atomic E-state index is 12.3. The largest absolute Gasteiger partial charge is 0.352 e. The van der Waals surface area contributed by atoms with Crippen LogP contribution in [-0.2, 0) is 0 Å². The minimum absolute atomic E-state index is 0.0350. The SMILES string of the molecule is CCC(C)CNC(=O)c1ccc(C(=O)c2ccccc2)cc1. The number of hydrogen-bond acceptors (Lipinski definition) is 2. The van der Waals surface area contributed by atoms with Gasteiger partial charge < -0.3 is 5.32 Å². The molecular formula is C19H21NO2. The van der Waals surface area contributed by atoms with Crippen LogP contribution in [0, 0.1) is 5.92 Å². The molecule has 0 heterocycles. The third-order valence-electron chi connectivity index (χ3n) is 3.75. The summed E-state index contributed by atoms with van der Waals surface area (Å²) in [6, 6.07) is 15.9. The fourth-order valence-electron chi connectivity index (χ4n) is 2.04. The van der Waals surface area contributed by atoms with E-state index in [2.05, 4.69) is 19.2 Å². The molecule has 2 aromatic rings. The predicted octanol–water partition coefficient (Wildman–Crippen LogP) is 3.69. The van der Waals surface area contributed by atoms with Gasteiger partial charge in [0.05, 0.1) is 0 Å². The lowest BCUT2D eigenvalue weighted by Crippen LogP contribution is -2.28. The van der Waals surface area contributed by atoms with Gasteiger partial charge in [-0.2, -0.15) is 0 Å². The van der Waals surface area contributed by atoms with Crippen LogP contribution < -0.4 is 5.32 Å². The molecule has 0 aliphatic carbocycles. The monoisotopic (exact) mass is 295 g/mol. The van der Waals surface area contributed by atoms with Crippen molar-refractivity contribution in [2.45, 2.75) is 20.3 Å². The van der Waals surface area contributed by atoms with Crippen LogP contribution in [0.3, 0.4) is 0 Å². The van der Waals surface area contributed by atoms with Gasteiger partial charge in [-0.15, -0.1) is 0 Å². The van der Waals surface area contributed by atoms with Crippen LogP contribution in [0.25, 0.3) is 0 Å². The van der Waals surface area contributed by atoms with Gasteiger partial charge in [0, 0.05) is 23.2 Å². The van der Waals surface area contributed by atoms with Crippen molar-refractivity contribution in [2.24, 2.45) is 5.92 Å². The number of hydrogen-bond donors (Lipinski definition) is 1. The van der Waals surface area contributed by atoms with Gasteiger partial charge >= 0.3 is 0 Å². The van der Waals surface area contributed by atoms with Crippen molar-refractivity contribution in [3.8, 4) is 0 Å². The topological polar surface area (TPSA) is 46.2 Å². The number of benzene rings is 2. The fraction of sp³-hybridized carbons (Fsp3) is 0.263. The Bertz CT molecular complexity index is 632. The molecule has 3 heteroatoms. The number of ketones is 1. The van der Waals surface area contributed by atoms with Crippen LogP contribution in [-0.4, -0.2) is 18.2 Å². The Morgan fingerprint density at radius 3 is 2.05 bits per heavy atom. The zero-order valence-electron chi connectivity index (χ0n) is 13.0. The van der Waals surface area contributed by atoms with E-state index in [1.165, 1.54) is 0 Å². The van der Waals surface area contributed by atoms with Crippen molar-refractivity contribution in [2.75, 3.05) is 6.54 Å². The summed E-state index contributed by atoms with van der Waals surface area (Å²) >= 11 is 0. The molecule has 0 saturated carbocycles. The minimum atomic E-state index is -0.0981. The highest BCUT2D eigenvalue weighted by Crippen LogP contribution is 2.11. The Morgan fingerprint density at radius 1 is 0.909 bits per heavy atom. The van der Waals surface area contributed by atoms with Crippen LogP contribution in [0.2, 0.25) is 0 Å². The molecule has 1 atom stereocenters.